The molecule has 0 atom stereocenters. The molecule has 20 heavy (non-hydrogen) atoms. The molecule has 0 unspecified atom stereocenters. The second kappa shape index (κ2) is 5.15. The molecule has 1 aromatic carbocycles. The van der Waals surface area contributed by atoms with E-state index in [4.69, 9.17) is 23.2 Å². The standard InChI is InChI=1S/C14H9Cl2N3O/c15-8-5-6-17-13(7-8)18-12-4-1-9-10(16)2-3-11(20)14(9)19-12/h1-7,20H,(H,17,18,19). The van der Waals surface area contributed by atoms with Crippen molar-refractivity contribution in [2.24, 2.45) is 0 Å². The van der Waals surface area contributed by atoms with E-state index in [9.17, 15) is 5.11 Å². The molecule has 2 N–H and O–H groups in total. The first-order chi connectivity index (χ1) is 9.63. The Balaban J connectivity index is 2.03. The minimum atomic E-state index is 0.0760. The lowest BCUT2D eigenvalue weighted by Gasteiger charge is -2.07. The van der Waals surface area contributed by atoms with Gasteiger partial charge in [0.25, 0.3) is 0 Å². The maximum absolute atomic E-state index is 9.84. The van der Waals surface area contributed by atoms with Crippen LogP contribution >= 0.6 is 23.2 Å². The molecule has 0 aliphatic carbocycles. The van der Waals surface area contributed by atoms with Crippen LogP contribution in [0.3, 0.4) is 0 Å². The third-order valence-electron chi connectivity index (χ3n) is 2.76. The first-order valence-corrected chi connectivity index (χ1v) is 6.56. The van der Waals surface area contributed by atoms with E-state index in [1.165, 1.54) is 6.07 Å². The summed E-state index contributed by atoms with van der Waals surface area (Å²) in [6, 6.07) is 10.1. The molecule has 2 aromatic heterocycles. The molecule has 0 aliphatic heterocycles. The highest BCUT2D eigenvalue weighted by atomic mass is 35.5. The predicted octanol–water partition coefficient (Wildman–Crippen LogP) is 4.39. The van der Waals surface area contributed by atoms with Crippen LogP contribution in [0.4, 0.5) is 11.6 Å². The molecule has 3 rings (SSSR count). The van der Waals surface area contributed by atoms with Crippen LogP contribution in [0.1, 0.15) is 0 Å². The van der Waals surface area contributed by atoms with E-state index in [1.807, 2.05) is 0 Å². The number of halogens is 2. The van der Waals surface area contributed by atoms with Crippen LogP contribution in [0.5, 0.6) is 5.75 Å². The van der Waals surface area contributed by atoms with Crippen molar-refractivity contribution in [1.29, 1.82) is 0 Å². The summed E-state index contributed by atoms with van der Waals surface area (Å²) in [5, 5.41) is 14.7. The lowest BCUT2D eigenvalue weighted by atomic mass is 10.2. The Morgan fingerprint density at radius 3 is 2.65 bits per heavy atom. The summed E-state index contributed by atoms with van der Waals surface area (Å²) >= 11 is 12.0. The number of anilines is 2. The Hall–Kier alpha value is -2.04. The van der Waals surface area contributed by atoms with Gasteiger partial charge in [0.1, 0.15) is 22.9 Å². The van der Waals surface area contributed by atoms with Crippen LogP contribution in [-0.2, 0) is 0 Å². The molecular weight excluding hydrogens is 297 g/mol. The van der Waals surface area contributed by atoms with Crippen molar-refractivity contribution in [1.82, 2.24) is 9.97 Å². The number of nitrogens with zero attached hydrogens (tertiary/aromatic N) is 2. The smallest absolute Gasteiger partial charge is 0.142 e. The third kappa shape index (κ3) is 2.48. The Bertz CT molecular complexity index is 792. The zero-order chi connectivity index (χ0) is 14.1. The minimum absolute atomic E-state index is 0.0760. The molecule has 0 amide bonds. The average molecular weight is 306 g/mol. The van der Waals surface area contributed by atoms with E-state index >= 15 is 0 Å². The number of rotatable bonds is 2. The molecule has 0 saturated carbocycles. The monoisotopic (exact) mass is 305 g/mol. The summed E-state index contributed by atoms with van der Waals surface area (Å²) in [7, 11) is 0. The van der Waals surface area contributed by atoms with Crippen molar-refractivity contribution in [2.45, 2.75) is 0 Å². The first kappa shape index (κ1) is 13.0. The highest BCUT2D eigenvalue weighted by molar-refractivity contribution is 6.35. The maximum atomic E-state index is 9.84. The van der Waals surface area contributed by atoms with E-state index in [2.05, 4.69) is 15.3 Å². The van der Waals surface area contributed by atoms with Gasteiger partial charge in [-0.25, -0.2) is 9.97 Å². The molecule has 2 heterocycles. The SMILES string of the molecule is Oc1ccc(Cl)c2ccc(Nc3cc(Cl)ccn3)nc12. The van der Waals surface area contributed by atoms with Gasteiger partial charge in [0, 0.05) is 16.6 Å². The zero-order valence-electron chi connectivity index (χ0n) is 10.1. The third-order valence-corrected chi connectivity index (χ3v) is 3.33. The van der Waals surface area contributed by atoms with Gasteiger partial charge in [-0.15, -0.1) is 0 Å². The maximum Gasteiger partial charge on any atom is 0.142 e. The van der Waals surface area contributed by atoms with Gasteiger partial charge in [-0.05, 0) is 36.4 Å². The highest BCUT2D eigenvalue weighted by Crippen LogP contribution is 2.30. The number of hydrogen-bond acceptors (Lipinski definition) is 4. The van der Waals surface area contributed by atoms with Gasteiger partial charge in [-0.2, -0.15) is 0 Å². The van der Waals surface area contributed by atoms with Crippen LogP contribution in [0.25, 0.3) is 10.9 Å². The summed E-state index contributed by atoms with van der Waals surface area (Å²) in [5.74, 6) is 1.20. The molecule has 0 saturated heterocycles. The Morgan fingerprint density at radius 2 is 1.85 bits per heavy atom. The van der Waals surface area contributed by atoms with Gasteiger partial charge in [0.2, 0.25) is 0 Å². The number of aromatic hydroxyl groups is 1. The van der Waals surface area contributed by atoms with Gasteiger partial charge in [-0.1, -0.05) is 23.2 Å². The van der Waals surface area contributed by atoms with Crippen molar-refractivity contribution in [3.05, 3.63) is 52.6 Å². The van der Waals surface area contributed by atoms with Crippen molar-refractivity contribution in [3.8, 4) is 5.75 Å². The van der Waals surface area contributed by atoms with Gasteiger partial charge >= 0.3 is 0 Å². The molecule has 3 aromatic rings. The molecule has 0 spiro atoms. The molecule has 0 fully saturated rings. The second-order valence-corrected chi connectivity index (χ2v) is 4.99. The molecule has 100 valence electrons. The molecule has 6 heteroatoms. The molecule has 0 bridgehead atoms. The Kier molecular flexibility index (Phi) is 3.34. The van der Waals surface area contributed by atoms with Crippen molar-refractivity contribution < 1.29 is 5.11 Å². The van der Waals surface area contributed by atoms with Crippen LogP contribution in [-0.4, -0.2) is 15.1 Å². The summed E-state index contributed by atoms with van der Waals surface area (Å²) in [5.41, 5.74) is 0.435. The number of aromatic nitrogens is 2. The second-order valence-electron chi connectivity index (χ2n) is 4.14. The lowest BCUT2D eigenvalue weighted by molar-refractivity contribution is 0.480. The number of pyridine rings is 2. The quantitative estimate of drug-likeness (QED) is 0.737. The summed E-state index contributed by atoms with van der Waals surface area (Å²) in [4.78, 5) is 8.46. The lowest BCUT2D eigenvalue weighted by Crippen LogP contribution is -1.96. The zero-order valence-corrected chi connectivity index (χ0v) is 11.7. The molecule has 0 radical (unpaired) electrons. The number of nitrogens with one attached hydrogen (secondary N) is 1. The van der Waals surface area contributed by atoms with E-state index in [0.717, 1.165) is 0 Å². The normalized spacial score (nSPS) is 10.7. The fourth-order valence-electron chi connectivity index (χ4n) is 1.84. The number of phenols is 1. The highest BCUT2D eigenvalue weighted by Gasteiger charge is 2.07. The largest absolute Gasteiger partial charge is 0.506 e. The molecule has 4 nitrogen and oxygen atoms in total. The minimum Gasteiger partial charge on any atom is -0.506 e. The van der Waals surface area contributed by atoms with Gasteiger partial charge in [-0.3, -0.25) is 0 Å². The number of phenolic OH excluding ortho intramolecular Hbond substituents is 1. The van der Waals surface area contributed by atoms with Crippen molar-refractivity contribution in [2.75, 3.05) is 5.32 Å². The van der Waals surface area contributed by atoms with E-state index < -0.39 is 0 Å². The van der Waals surface area contributed by atoms with E-state index in [1.54, 1.807) is 36.5 Å². The summed E-state index contributed by atoms with van der Waals surface area (Å²) in [6.07, 6.45) is 1.60. The predicted molar refractivity (Wildman–Crippen MR) is 80.9 cm³/mol. The first-order valence-electron chi connectivity index (χ1n) is 5.80. The molecular formula is C14H9Cl2N3O. The van der Waals surface area contributed by atoms with Crippen LogP contribution in [0.2, 0.25) is 10.0 Å². The van der Waals surface area contributed by atoms with Crippen LogP contribution in [0.15, 0.2) is 42.6 Å². The van der Waals surface area contributed by atoms with E-state index in [-0.39, 0.29) is 5.75 Å². The van der Waals surface area contributed by atoms with Crippen molar-refractivity contribution in [3.63, 3.8) is 0 Å². The fraction of sp³-hybridized carbons (Fsp3) is 0. The van der Waals surface area contributed by atoms with Gasteiger partial charge < -0.3 is 10.4 Å². The Morgan fingerprint density at radius 1 is 1.00 bits per heavy atom. The number of benzene rings is 1. The summed E-state index contributed by atoms with van der Waals surface area (Å²) < 4.78 is 0. The van der Waals surface area contributed by atoms with Crippen molar-refractivity contribution >= 4 is 45.7 Å². The van der Waals surface area contributed by atoms with E-state index in [0.29, 0.717) is 32.6 Å². The topological polar surface area (TPSA) is 58.0 Å². The van der Waals surface area contributed by atoms with Gasteiger partial charge in [0.05, 0.1) is 5.02 Å². The fourth-order valence-corrected chi connectivity index (χ4v) is 2.22. The Labute approximate surface area is 125 Å². The van der Waals surface area contributed by atoms with Crippen LogP contribution < -0.4 is 5.32 Å². The number of hydrogen-bond donors (Lipinski definition) is 2. The molecule has 0 aliphatic rings. The number of fused-ring (bicyclic) bond motifs is 1. The average Bonchev–Trinajstić information content (AvgIpc) is 2.43. The van der Waals surface area contributed by atoms with Crippen LogP contribution in [0, 0.1) is 0 Å². The van der Waals surface area contributed by atoms with Gasteiger partial charge in [0.15, 0.2) is 0 Å². The summed E-state index contributed by atoms with van der Waals surface area (Å²) in [6.45, 7) is 0.